The largest absolute Gasteiger partial charge is 0.325 e. The molecule has 1 aliphatic rings. The third-order valence-electron chi connectivity index (χ3n) is 5.05. The molecule has 0 N–H and O–H groups in total. The second kappa shape index (κ2) is 7.81. The molecule has 1 saturated heterocycles. The van der Waals surface area contributed by atoms with Crippen molar-refractivity contribution in [1.29, 1.82) is 0 Å². The van der Waals surface area contributed by atoms with Crippen molar-refractivity contribution in [3.8, 4) is 0 Å². The van der Waals surface area contributed by atoms with Gasteiger partial charge in [0.15, 0.2) is 0 Å². The average Bonchev–Trinajstić information content (AvgIpc) is 2.94. The summed E-state index contributed by atoms with van der Waals surface area (Å²) in [7, 11) is 0. The number of imidazole rings is 1. The van der Waals surface area contributed by atoms with Gasteiger partial charge < -0.3 is 4.57 Å². The number of hydrogen-bond acceptors (Lipinski definition) is 3. The maximum atomic E-state index is 4.75. The molecule has 0 unspecified atom stereocenters. The number of halogens is 1. The number of thiol groups is 1. The van der Waals surface area contributed by atoms with Crippen molar-refractivity contribution in [1.82, 2.24) is 14.5 Å². The Balaban J connectivity index is 0.00000182. The Morgan fingerprint density at radius 2 is 1.76 bits per heavy atom. The Morgan fingerprint density at radius 3 is 2.48 bits per heavy atom. The highest BCUT2D eigenvalue weighted by molar-refractivity contribution is 7.80. The van der Waals surface area contributed by atoms with Gasteiger partial charge in [0.05, 0.1) is 5.52 Å². The van der Waals surface area contributed by atoms with Crippen molar-refractivity contribution in [2.24, 2.45) is 0 Å². The summed E-state index contributed by atoms with van der Waals surface area (Å²) in [5.74, 6) is 1.10. The Hall–Kier alpha value is -1.49. The van der Waals surface area contributed by atoms with E-state index in [1.165, 1.54) is 23.9 Å². The van der Waals surface area contributed by atoms with E-state index in [1.807, 2.05) is 6.07 Å². The maximum Gasteiger partial charge on any atom is 0.107 e. The molecule has 0 atom stereocenters. The van der Waals surface area contributed by atoms with Crippen molar-refractivity contribution in [2.75, 3.05) is 13.1 Å². The number of hydrogen-bond donors (Lipinski definition) is 1. The first-order chi connectivity index (χ1) is 11.7. The van der Waals surface area contributed by atoms with Gasteiger partial charge >= 0.3 is 0 Å². The topological polar surface area (TPSA) is 21.1 Å². The maximum absolute atomic E-state index is 4.75. The summed E-state index contributed by atoms with van der Waals surface area (Å²) < 4.78 is 2.43. The summed E-state index contributed by atoms with van der Waals surface area (Å²) >= 11 is 4.56. The van der Waals surface area contributed by atoms with Gasteiger partial charge in [-0.15, -0.1) is 25.0 Å². The molecule has 2 heterocycles. The number of piperidine rings is 1. The molecule has 4 rings (SSSR count). The van der Waals surface area contributed by atoms with Crippen LogP contribution in [0.5, 0.6) is 0 Å². The van der Waals surface area contributed by atoms with Gasteiger partial charge in [-0.25, -0.2) is 4.98 Å². The molecule has 1 aromatic heterocycles. The van der Waals surface area contributed by atoms with E-state index in [0.29, 0.717) is 6.04 Å². The average molecular weight is 374 g/mol. The van der Waals surface area contributed by atoms with Gasteiger partial charge in [0.2, 0.25) is 0 Å². The predicted molar refractivity (Wildman–Crippen MR) is 109 cm³/mol. The van der Waals surface area contributed by atoms with Gasteiger partial charge in [0.25, 0.3) is 0 Å². The molecule has 0 radical (unpaired) electrons. The zero-order valence-electron chi connectivity index (χ0n) is 14.4. The van der Waals surface area contributed by atoms with Crippen molar-refractivity contribution < 1.29 is 0 Å². The molecule has 1 fully saturated rings. The van der Waals surface area contributed by atoms with Crippen LogP contribution in [0.3, 0.4) is 0 Å². The number of aryl methyl sites for hydroxylation is 1. The molecular formula is C20H24ClN3S. The highest BCUT2D eigenvalue weighted by atomic mass is 35.5. The Morgan fingerprint density at radius 1 is 1.04 bits per heavy atom. The molecule has 1 aliphatic heterocycles. The van der Waals surface area contributed by atoms with Crippen molar-refractivity contribution in [3.05, 3.63) is 59.9 Å². The fourth-order valence-electron chi connectivity index (χ4n) is 3.86. The molecule has 0 spiro atoms. The fourth-order valence-corrected chi connectivity index (χ4v) is 4.11. The van der Waals surface area contributed by atoms with Crippen LogP contribution in [0.1, 0.15) is 30.3 Å². The number of para-hydroxylation sites is 1. The summed E-state index contributed by atoms with van der Waals surface area (Å²) in [6, 6.07) is 17.6. The molecule has 3 aromatic rings. The van der Waals surface area contributed by atoms with Gasteiger partial charge in [-0.3, -0.25) is 4.90 Å². The van der Waals surface area contributed by atoms with Crippen LogP contribution < -0.4 is 0 Å². The molecule has 2 aromatic carbocycles. The summed E-state index contributed by atoms with van der Waals surface area (Å²) in [4.78, 5) is 8.28. The van der Waals surface area contributed by atoms with Crippen LogP contribution in [0, 0.1) is 6.92 Å². The number of rotatable bonds is 3. The lowest BCUT2D eigenvalue weighted by Gasteiger charge is -2.33. The zero-order valence-corrected chi connectivity index (χ0v) is 16.1. The summed E-state index contributed by atoms with van der Waals surface area (Å²) in [6.07, 6.45) is 2.35. The quantitative estimate of drug-likeness (QED) is 0.660. The van der Waals surface area contributed by atoms with E-state index in [0.717, 1.165) is 35.9 Å². The first-order valence-electron chi connectivity index (χ1n) is 8.65. The van der Waals surface area contributed by atoms with Crippen molar-refractivity contribution in [3.63, 3.8) is 0 Å². The normalized spacial score (nSPS) is 16.1. The van der Waals surface area contributed by atoms with Crippen LogP contribution in [0.25, 0.3) is 11.0 Å². The monoisotopic (exact) mass is 373 g/mol. The van der Waals surface area contributed by atoms with Crippen LogP contribution >= 0.6 is 25.0 Å². The number of nitrogens with zero attached hydrogens (tertiary/aromatic N) is 3. The van der Waals surface area contributed by atoms with E-state index in [1.54, 1.807) is 0 Å². The number of aromatic nitrogens is 2. The number of fused-ring (bicyclic) bond motifs is 1. The van der Waals surface area contributed by atoms with E-state index in [2.05, 4.69) is 71.5 Å². The molecule has 132 valence electrons. The van der Waals surface area contributed by atoms with E-state index in [9.17, 15) is 0 Å². The van der Waals surface area contributed by atoms with Crippen LogP contribution in [0.2, 0.25) is 0 Å². The van der Waals surface area contributed by atoms with Crippen LogP contribution in [-0.2, 0) is 6.54 Å². The van der Waals surface area contributed by atoms with E-state index in [4.69, 9.17) is 4.98 Å². The van der Waals surface area contributed by atoms with E-state index < -0.39 is 0 Å². The second-order valence-electron chi connectivity index (χ2n) is 6.67. The minimum Gasteiger partial charge on any atom is -0.325 e. The third kappa shape index (κ3) is 3.71. The Bertz CT molecular complexity index is 839. The molecule has 0 saturated carbocycles. The van der Waals surface area contributed by atoms with Gasteiger partial charge in [-0.2, -0.15) is 0 Å². The second-order valence-corrected chi connectivity index (χ2v) is 7.15. The Labute approximate surface area is 160 Å². The van der Waals surface area contributed by atoms with Gasteiger partial charge in [-0.05, 0) is 37.5 Å². The first-order valence-corrected chi connectivity index (χ1v) is 9.10. The molecule has 25 heavy (non-hydrogen) atoms. The summed E-state index contributed by atoms with van der Waals surface area (Å²) in [5.41, 5.74) is 3.66. The van der Waals surface area contributed by atoms with E-state index in [-0.39, 0.29) is 12.4 Å². The molecule has 0 bridgehead atoms. The predicted octanol–water partition coefficient (Wildman–Crippen LogP) is 4.89. The number of benzene rings is 2. The lowest BCUT2D eigenvalue weighted by molar-refractivity contribution is 0.180. The van der Waals surface area contributed by atoms with Crippen LogP contribution in [0.4, 0.5) is 0 Å². The minimum absolute atomic E-state index is 0. The standard InChI is InChI=1S/C20H23N3S.ClH/c1-15-21-20-18(8-5-9-19(20)24)23(15)17-10-12-22(13-11-17)14-16-6-3-2-4-7-16;/h2-9,17,24H,10-14H2,1H3;1H. The van der Waals surface area contributed by atoms with Crippen molar-refractivity contribution >= 4 is 36.1 Å². The lowest BCUT2D eigenvalue weighted by atomic mass is 10.0. The smallest absolute Gasteiger partial charge is 0.107 e. The van der Waals surface area contributed by atoms with Gasteiger partial charge in [-0.1, -0.05) is 36.4 Å². The van der Waals surface area contributed by atoms with E-state index >= 15 is 0 Å². The lowest BCUT2D eigenvalue weighted by Crippen LogP contribution is -2.34. The third-order valence-corrected chi connectivity index (χ3v) is 5.41. The molecule has 0 aliphatic carbocycles. The molecule has 3 nitrogen and oxygen atoms in total. The first kappa shape index (κ1) is 18.3. The van der Waals surface area contributed by atoms with Crippen LogP contribution in [-0.4, -0.2) is 27.5 Å². The summed E-state index contributed by atoms with van der Waals surface area (Å²) in [6.45, 7) is 5.44. The highest BCUT2D eigenvalue weighted by Crippen LogP contribution is 2.31. The van der Waals surface area contributed by atoms with Gasteiger partial charge in [0.1, 0.15) is 11.3 Å². The Kier molecular flexibility index (Phi) is 5.72. The zero-order chi connectivity index (χ0) is 16.5. The molecule has 5 heteroatoms. The van der Waals surface area contributed by atoms with Gasteiger partial charge in [0, 0.05) is 30.6 Å². The fraction of sp³-hybridized carbons (Fsp3) is 0.350. The van der Waals surface area contributed by atoms with Crippen molar-refractivity contribution in [2.45, 2.75) is 37.2 Å². The van der Waals surface area contributed by atoms with Crippen LogP contribution in [0.15, 0.2) is 53.4 Å². The molecular weight excluding hydrogens is 350 g/mol. The minimum atomic E-state index is 0. The highest BCUT2D eigenvalue weighted by Gasteiger charge is 2.23. The summed E-state index contributed by atoms with van der Waals surface area (Å²) in [5, 5.41) is 0. The molecule has 0 amide bonds. The SMILES string of the molecule is Cc1nc2c(S)cccc2n1C1CCN(Cc2ccccc2)CC1.Cl. The number of likely N-dealkylation sites (tertiary alicyclic amines) is 1.